The van der Waals surface area contributed by atoms with E-state index in [1.54, 1.807) is 0 Å². The van der Waals surface area contributed by atoms with Crippen molar-refractivity contribution in [2.75, 3.05) is 0 Å². The lowest BCUT2D eigenvalue weighted by atomic mass is 10.1. The number of nitrogens with zero attached hydrogens (tertiary/aromatic N) is 1. The van der Waals surface area contributed by atoms with Crippen molar-refractivity contribution >= 4 is 21.6 Å². The van der Waals surface area contributed by atoms with Crippen molar-refractivity contribution < 1.29 is 5.11 Å². The van der Waals surface area contributed by atoms with Gasteiger partial charge in [0.25, 0.3) is 0 Å². The lowest BCUT2D eigenvalue weighted by Crippen LogP contribution is -1.81. The smallest absolute Gasteiger partial charge is 0.0819 e. The van der Waals surface area contributed by atoms with Crippen LogP contribution in [0.4, 0.5) is 0 Å². The van der Waals surface area contributed by atoms with Gasteiger partial charge >= 0.3 is 0 Å². The highest BCUT2D eigenvalue weighted by Crippen LogP contribution is 2.45. The molecular formula is C17H15NOS. The van der Waals surface area contributed by atoms with Gasteiger partial charge in [-0.15, -0.1) is 11.3 Å². The summed E-state index contributed by atoms with van der Waals surface area (Å²) in [5.41, 5.74) is 4.73. The van der Waals surface area contributed by atoms with Gasteiger partial charge in [-0.25, -0.2) is 0 Å². The maximum absolute atomic E-state index is 9.11. The van der Waals surface area contributed by atoms with Crippen LogP contribution in [0.1, 0.15) is 29.9 Å². The fourth-order valence-corrected chi connectivity index (χ4v) is 3.80. The van der Waals surface area contributed by atoms with Crippen molar-refractivity contribution in [1.29, 1.82) is 0 Å². The Labute approximate surface area is 121 Å². The molecule has 0 amide bonds. The van der Waals surface area contributed by atoms with Crippen molar-refractivity contribution in [2.45, 2.75) is 25.4 Å². The highest BCUT2D eigenvalue weighted by Gasteiger charge is 2.26. The Morgan fingerprint density at radius 2 is 1.95 bits per heavy atom. The van der Waals surface area contributed by atoms with E-state index >= 15 is 0 Å². The van der Waals surface area contributed by atoms with Gasteiger partial charge in [0.2, 0.25) is 0 Å². The highest BCUT2D eigenvalue weighted by atomic mass is 32.1. The molecule has 1 saturated carbocycles. The summed E-state index contributed by atoms with van der Waals surface area (Å²) in [5.74, 6) is 0.753. The Hall–Kier alpha value is -1.71. The zero-order valence-electron chi connectivity index (χ0n) is 11.0. The Bertz CT molecular complexity index is 756. The molecule has 1 aromatic carbocycles. The molecule has 20 heavy (non-hydrogen) atoms. The molecule has 1 aliphatic carbocycles. The predicted octanol–water partition coefficient (Wildman–Crippen LogP) is 4.33. The molecule has 2 nitrogen and oxygen atoms in total. The number of thiophene rings is 1. The number of aliphatic hydroxyl groups is 1. The third kappa shape index (κ3) is 2.03. The van der Waals surface area contributed by atoms with Crippen molar-refractivity contribution in [2.24, 2.45) is 0 Å². The zero-order chi connectivity index (χ0) is 13.5. The first kappa shape index (κ1) is 12.1. The number of pyridine rings is 1. The Morgan fingerprint density at radius 3 is 2.65 bits per heavy atom. The summed E-state index contributed by atoms with van der Waals surface area (Å²) >= 11 is 1.83. The molecule has 1 N–H and O–H groups in total. The number of hydrogen-bond acceptors (Lipinski definition) is 3. The number of hydrogen-bond donors (Lipinski definition) is 1. The van der Waals surface area contributed by atoms with E-state index in [-0.39, 0.29) is 6.61 Å². The first-order valence-corrected chi connectivity index (χ1v) is 7.75. The second-order valence-corrected chi connectivity index (χ2v) is 6.41. The van der Waals surface area contributed by atoms with Crippen molar-refractivity contribution in [3.05, 3.63) is 53.7 Å². The molecule has 0 unspecified atom stereocenters. The summed E-state index contributed by atoms with van der Waals surface area (Å²) in [6.07, 6.45) is 4.57. The summed E-state index contributed by atoms with van der Waals surface area (Å²) < 4.78 is 1.34. The molecule has 0 aliphatic heterocycles. The van der Waals surface area contributed by atoms with Crippen LogP contribution >= 0.6 is 11.3 Å². The minimum atomic E-state index is 0.0973. The van der Waals surface area contributed by atoms with E-state index < -0.39 is 0 Å². The van der Waals surface area contributed by atoms with Gasteiger partial charge in [-0.05, 0) is 47.6 Å². The van der Waals surface area contributed by atoms with Crippen LogP contribution in [-0.4, -0.2) is 10.1 Å². The fourth-order valence-electron chi connectivity index (χ4n) is 2.59. The average Bonchev–Trinajstić information content (AvgIpc) is 3.25. The van der Waals surface area contributed by atoms with E-state index in [1.807, 2.05) is 29.7 Å². The number of benzene rings is 1. The molecule has 3 aromatic rings. The van der Waals surface area contributed by atoms with Gasteiger partial charge in [0, 0.05) is 11.1 Å². The van der Waals surface area contributed by atoms with Gasteiger partial charge in [-0.2, -0.15) is 0 Å². The highest BCUT2D eigenvalue weighted by molar-refractivity contribution is 7.22. The van der Waals surface area contributed by atoms with E-state index in [0.717, 1.165) is 17.0 Å². The lowest BCUT2D eigenvalue weighted by Gasteiger charge is -1.99. The largest absolute Gasteiger partial charge is 0.392 e. The van der Waals surface area contributed by atoms with Crippen LogP contribution in [0.2, 0.25) is 0 Å². The molecule has 100 valence electrons. The SMILES string of the molecule is OCc1ccc(-c2cc3nccc(C4CC4)c3s2)cc1. The first-order chi connectivity index (χ1) is 9.85. The number of fused-ring (bicyclic) bond motifs is 1. The normalized spacial score (nSPS) is 14.8. The molecule has 2 heterocycles. The Morgan fingerprint density at radius 1 is 1.15 bits per heavy atom. The maximum Gasteiger partial charge on any atom is 0.0819 e. The van der Waals surface area contributed by atoms with Crippen molar-refractivity contribution in [1.82, 2.24) is 4.98 Å². The Balaban J connectivity index is 1.81. The standard InChI is InChI=1S/C17H15NOS/c19-10-11-1-3-13(4-2-11)16-9-15-17(20-16)14(7-8-18-15)12-5-6-12/h1-4,7-9,12,19H,5-6,10H2. The van der Waals surface area contributed by atoms with Gasteiger partial charge in [-0.1, -0.05) is 24.3 Å². The second kappa shape index (κ2) is 4.69. The van der Waals surface area contributed by atoms with Crippen LogP contribution in [0.15, 0.2) is 42.6 Å². The zero-order valence-corrected chi connectivity index (χ0v) is 11.9. The van der Waals surface area contributed by atoms with Crippen LogP contribution in [0.3, 0.4) is 0 Å². The third-order valence-electron chi connectivity index (χ3n) is 3.88. The Kier molecular flexibility index (Phi) is 2.83. The topological polar surface area (TPSA) is 33.1 Å². The lowest BCUT2D eigenvalue weighted by molar-refractivity contribution is 0.282. The molecule has 0 bridgehead atoms. The summed E-state index contributed by atoms with van der Waals surface area (Å²) in [4.78, 5) is 5.76. The van der Waals surface area contributed by atoms with Gasteiger partial charge in [0.15, 0.2) is 0 Å². The van der Waals surface area contributed by atoms with E-state index in [1.165, 1.54) is 33.5 Å². The molecular weight excluding hydrogens is 266 g/mol. The van der Waals surface area contributed by atoms with Crippen LogP contribution in [0, 0.1) is 0 Å². The molecule has 1 fully saturated rings. The second-order valence-electron chi connectivity index (χ2n) is 5.35. The summed E-state index contributed by atoms with van der Waals surface area (Å²) in [6.45, 7) is 0.0973. The molecule has 0 atom stereocenters. The van der Waals surface area contributed by atoms with Gasteiger partial charge < -0.3 is 5.11 Å². The van der Waals surface area contributed by atoms with E-state index in [9.17, 15) is 0 Å². The van der Waals surface area contributed by atoms with Crippen molar-refractivity contribution in [3.63, 3.8) is 0 Å². The maximum atomic E-state index is 9.11. The summed E-state index contributed by atoms with van der Waals surface area (Å²) in [6, 6.07) is 12.5. The monoisotopic (exact) mass is 281 g/mol. The number of aromatic nitrogens is 1. The molecule has 0 radical (unpaired) electrons. The summed E-state index contributed by atoms with van der Waals surface area (Å²) in [5, 5.41) is 9.11. The molecule has 4 rings (SSSR count). The molecule has 3 heteroatoms. The van der Waals surface area contributed by atoms with Crippen molar-refractivity contribution in [3.8, 4) is 10.4 Å². The van der Waals surface area contributed by atoms with Crippen LogP contribution in [-0.2, 0) is 6.61 Å². The minimum absolute atomic E-state index is 0.0973. The van der Waals surface area contributed by atoms with Crippen LogP contribution in [0.5, 0.6) is 0 Å². The van der Waals surface area contributed by atoms with E-state index in [0.29, 0.717) is 0 Å². The quantitative estimate of drug-likeness (QED) is 0.775. The van der Waals surface area contributed by atoms with Gasteiger partial charge in [0.05, 0.1) is 16.8 Å². The third-order valence-corrected chi connectivity index (χ3v) is 5.10. The number of aliphatic hydroxyl groups excluding tert-OH is 1. The van der Waals surface area contributed by atoms with Crippen LogP contribution < -0.4 is 0 Å². The first-order valence-electron chi connectivity index (χ1n) is 6.94. The van der Waals surface area contributed by atoms with Gasteiger partial charge in [-0.3, -0.25) is 4.98 Å². The minimum Gasteiger partial charge on any atom is -0.392 e. The van der Waals surface area contributed by atoms with E-state index in [2.05, 4.69) is 29.2 Å². The van der Waals surface area contributed by atoms with Gasteiger partial charge in [0.1, 0.15) is 0 Å². The molecule has 0 saturated heterocycles. The fraction of sp³-hybridized carbons (Fsp3) is 0.235. The molecule has 1 aliphatic rings. The average molecular weight is 281 g/mol. The van der Waals surface area contributed by atoms with Crippen LogP contribution in [0.25, 0.3) is 20.7 Å². The molecule has 0 spiro atoms. The summed E-state index contributed by atoms with van der Waals surface area (Å²) in [7, 11) is 0. The predicted molar refractivity (Wildman–Crippen MR) is 83.0 cm³/mol. The molecule has 2 aromatic heterocycles. The van der Waals surface area contributed by atoms with E-state index in [4.69, 9.17) is 5.11 Å². The number of rotatable bonds is 3.